The average molecular weight is 879 g/mol. The van der Waals surface area contributed by atoms with Crippen LogP contribution in [-0.4, -0.2) is 61.4 Å². The van der Waals surface area contributed by atoms with E-state index in [1.165, 1.54) is 7.11 Å². The van der Waals surface area contributed by atoms with Gasteiger partial charge in [-0.1, -0.05) is 109 Å². The maximum Gasteiger partial charge on any atom is 1.00 e. The number of ether oxygens (including phenoxy) is 1. The summed E-state index contributed by atoms with van der Waals surface area (Å²) < 4.78 is 4.76. The topological polar surface area (TPSA) is 255 Å². The molecule has 6 aromatic carbocycles. The molecule has 0 saturated heterocycles. The van der Waals surface area contributed by atoms with Gasteiger partial charge in [0.1, 0.15) is 11.4 Å². The molecular formula is C49H43N8NaO7. The van der Waals surface area contributed by atoms with Crippen LogP contribution in [0, 0.1) is 0 Å². The number of methoxy groups -OCH3 is 1. The Hall–Kier alpha value is -7.24. The number of nitrogens with zero attached hydrogens (tertiary/aromatic N) is 4. The molecule has 2 aromatic heterocycles. The maximum absolute atomic E-state index is 13.3. The van der Waals surface area contributed by atoms with Crippen molar-refractivity contribution in [3.63, 3.8) is 0 Å². The van der Waals surface area contributed by atoms with Crippen LogP contribution in [0.15, 0.2) is 146 Å². The van der Waals surface area contributed by atoms with E-state index >= 15 is 0 Å². The third-order valence-corrected chi connectivity index (χ3v) is 9.91. The summed E-state index contributed by atoms with van der Waals surface area (Å²) in [5.74, 6) is -1.34. The molecule has 16 heteroatoms. The van der Waals surface area contributed by atoms with Crippen LogP contribution in [0.3, 0.4) is 0 Å². The number of aliphatic carboxylic acids is 1. The summed E-state index contributed by atoms with van der Waals surface area (Å²) in [5.41, 5.74) is 18.8. The Balaban J connectivity index is 0.000000237. The summed E-state index contributed by atoms with van der Waals surface area (Å²) in [6.07, 6.45) is -0.146. The number of benzene rings is 6. The summed E-state index contributed by atoms with van der Waals surface area (Å²) in [6.45, 7) is 0.779. The molecule has 8 aromatic rings. The van der Waals surface area contributed by atoms with Crippen molar-refractivity contribution in [3.05, 3.63) is 179 Å². The molecule has 0 saturated carbocycles. The summed E-state index contributed by atoms with van der Waals surface area (Å²) in [5, 5.41) is 16.1. The number of fused-ring (bicyclic) bond motifs is 2. The van der Waals surface area contributed by atoms with Gasteiger partial charge in [-0.2, -0.15) is 0 Å². The molecular weight excluding hydrogens is 836 g/mol. The normalized spacial score (nSPS) is 10.4. The first-order valence-electron chi connectivity index (χ1n) is 19.8. The van der Waals surface area contributed by atoms with Crippen LogP contribution in [0.4, 0.5) is 11.4 Å². The van der Waals surface area contributed by atoms with E-state index in [9.17, 15) is 19.2 Å². The molecule has 0 bridgehead atoms. The van der Waals surface area contributed by atoms with Gasteiger partial charge in [-0.25, -0.2) is 19.9 Å². The first kappa shape index (κ1) is 48.8. The molecule has 0 atom stereocenters. The number of nitrogens with one attached hydrogen (secondary N) is 2. The first-order chi connectivity index (χ1) is 30.6. The van der Waals surface area contributed by atoms with E-state index in [0.29, 0.717) is 69.0 Å². The van der Waals surface area contributed by atoms with E-state index in [-0.39, 0.29) is 65.2 Å². The van der Waals surface area contributed by atoms with E-state index in [1.54, 1.807) is 54.6 Å². The minimum atomic E-state index is -0.976. The predicted octanol–water partition coefficient (Wildman–Crippen LogP) is 4.19. The molecule has 2 heterocycles. The van der Waals surface area contributed by atoms with Crippen LogP contribution in [0.5, 0.6) is 0 Å². The molecule has 0 spiro atoms. The summed E-state index contributed by atoms with van der Waals surface area (Å²) in [6, 6.07) is 43.7. The van der Waals surface area contributed by atoms with Gasteiger partial charge in [-0.15, -0.1) is 0 Å². The number of esters is 1. The molecule has 0 aliphatic heterocycles. The van der Waals surface area contributed by atoms with E-state index in [0.717, 1.165) is 22.3 Å². The van der Waals surface area contributed by atoms with Crippen LogP contribution in [0.2, 0.25) is 0 Å². The zero-order valence-electron chi connectivity index (χ0n) is 35.6. The molecule has 8 N–H and O–H groups in total. The van der Waals surface area contributed by atoms with Crippen molar-refractivity contribution in [1.29, 1.82) is 0 Å². The van der Waals surface area contributed by atoms with Gasteiger partial charge in [0.05, 0.1) is 31.0 Å². The van der Waals surface area contributed by atoms with Crippen molar-refractivity contribution in [1.82, 2.24) is 19.9 Å². The fourth-order valence-corrected chi connectivity index (χ4v) is 6.78. The van der Waals surface area contributed by atoms with Crippen LogP contribution in [-0.2, 0) is 40.3 Å². The molecule has 0 aliphatic rings. The Bertz CT molecular complexity index is 3000. The van der Waals surface area contributed by atoms with Gasteiger partial charge in [0.25, 0.3) is 11.8 Å². The number of hydrogen-bond acceptors (Lipinski definition) is 12. The van der Waals surface area contributed by atoms with E-state index in [2.05, 4.69) is 30.6 Å². The molecule has 65 heavy (non-hydrogen) atoms. The van der Waals surface area contributed by atoms with Crippen LogP contribution >= 0.6 is 0 Å². The van der Waals surface area contributed by atoms with Gasteiger partial charge in [0, 0.05) is 46.4 Å². The predicted molar refractivity (Wildman–Crippen MR) is 244 cm³/mol. The number of carbonyl (C=O) groups is 4. The van der Waals surface area contributed by atoms with Gasteiger partial charge < -0.3 is 37.4 Å². The summed E-state index contributed by atoms with van der Waals surface area (Å²) in [7, 11) is 1.33. The number of carbonyl (C=O) groups excluding carboxylic acids is 3. The number of para-hydroxylation sites is 4. The van der Waals surface area contributed by atoms with Gasteiger partial charge in [-0.05, 0) is 58.7 Å². The van der Waals surface area contributed by atoms with Crippen molar-refractivity contribution in [3.8, 4) is 22.8 Å². The molecule has 0 aliphatic carbocycles. The summed E-state index contributed by atoms with van der Waals surface area (Å²) in [4.78, 5) is 67.8. The second-order valence-electron chi connectivity index (χ2n) is 14.2. The first-order valence-corrected chi connectivity index (χ1v) is 19.8. The zero-order valence-corrected chi connectivity index (χ0v) is 37.6. The molecule has 8 rings (SSSR count). The smallest absolute Gasteiger partial charge is 0.870 e. The zero-order chi connectivity index (χ0) is 44.3. The number of hydrogen-bond donors (Lipinski definition) is 5. The van der Waals surface area contributed by atoms with Gasteiger partial charge in [-0.3, -0.25) is 19.2 Å². The molecule has 322 valence electrons. The fraction of sp³-hybridized carbons (Fsp3) is 0.102. The number of carboxylic acid groups (broad SMARTS) is 1. The monoisotopic (exact) mass is 878 g/mol. The van der Waals surface area contributed by atoms with Crippen molar-refractivity contribution >= 4 is 56.9 Å². The Labute approximate surface area is 395 Å². The number of nitrogens with two attached hydrogens (primary N) is 2. The second kappa shape index (κ2) is 22.9. The Morgan fingerprint density at radius 2 is 0.969 bits per heavy atom. The van der Waals surface area contributed by atoms with Crippen molar-refractivity contribution in [2.24, 2.45) is 11.5 Å². The van der Waals surface area contributed by atoms with Crippen molar-refractivity contribution in [2.45, 2.75) is 25.9 Å². The van der Waals surface area contributed by atoms with Gasteiger partial charge in [0.15, 0.2) is 11.6 Å². The second-order valence-corrected chi connectivity index (χ2v) is 14.2. The molecule has 0 unspecified atom stereocenters. The standard InChI is InChI=1S/C25H22N4O3.C24H20N4O3.Na.H2O/c1-32-22(30)14-17-8-2-4-11-20(17)28-25(31)23-19-10-3-5-12-21(19)27-24(29-23)18-9-6-7-16(13-18)15-26;25-14-15-6-5-8-17(12-15)23-26-20-11-4-2-9-18(20)22(28-23)24(31)27-19-10-3-1-7-16(19)13-21(29)30;;/h2-13H,14-15,26H2,1H3,(H,28,31);1-12H,13-14,25H2,(H,27,31)(H,29,30);;1H2/q;;+1;/p-1. The Morgan fingerprint density at radius 3 is 1.40 bits per heavy atom. The van der Waals surface area contributed by atoms with E-state index in [1.807, 2.05) is 91.0 Å². The molecule has 15 nitrogen and oxygen atoms in total. The van der Waals surface area contributed by atoms with Gasteiger partial charge in [0.2, 0.25) is 0 Å². The summed E-state index contributed by atoms with van der Waals surface area (Å²) >= 11 is 0. The minimum Gasteiger partial charge on any atom is -0.870 e. The Morgan fingerprint density at radius 1 is 0.554 bits per heavy atom. The third-order valence-electron chi connectivity index (χ3n) is 9.91. The quantitative estimate of drug-likeness (QED) is 0.0854. The number of aromatic nitrogens is 4. The third kappa shape index (κ3) is 12.1. The van der Waals surface area contributed by atoms with Crippen LogP contribution in [0.1, 0.15) is 43.2 Å². The Kier molecular flexibility index (Phi) is 17.2. The largest absolute Gasteiger partial charge is 1.00 e. The van der Waals surface area contributed by atoms with Crippen LogP contribution in [0.25, 0.3) is 44.6 Å². The average Bonchev–Trinajstić information content (AvgIpc) is 3.32. The van der Waals surface area contributed by atoms with Gasteiger partial charge >= 0.3 is 41.5 Å². The van der Waals surface area contributed by atoms with E-state index in [4.69, 9.17) is 21.3 Å². The van der Waals surface area contributed by atoms with Crippen molar-refractivity contribution in [2.75, 3.05) is 17.7 Å². The molecule has 0 fully saturated rings. The van der Waals surface area contributed by atoms with E-state index < -0.39 is 17.8 Å². The number of carboxylic acids is 1. The van der Waals surface area contributed by atoms with Crippen molar-refractivity contribution < 1.29 is 64.1 Å². The molecule has 0 radical (unpaired) electrons. The molecule has 2 amide bonds. The van der Waals surface area contributed by atoms with Crippen LogP contribution < -0.4 is 51.7 Å². The minimum absolute atomic E-state index is 0. The number of anilines is 2. The number of amides is 2. The number of rotatable bonds is 12. The SMILES string of the molecule is COC(=O)Cc1ccccc1NC(=O)c1nc(-c2cccc(CN)c2)nc2ccccc12.NCc1cccc(-c2nc(C(=O)Nc3ccccc3CC(=O)O)c3ccccc3n2)c1.[Na+].[OH-]. The maximum atomic E-state index is 13.3. The fourth-order valence-electron chi connectivity index (χ4n) is 6.78.